The average Bonchev–Trinajstić information content (AvgIpc) is 3.33. The normalized spacial score (nSPS) is 13.1. The van der Waals surface area contributed by atoms with Gasteiger partial charge in [-0.2, -0.15) is 5.10 Å². The number of hydrogen-bond donors (Lipinski definition) is 1. The number of aliphatic hydroxyl groups excluding tert-OH is 1. The molecule has 2 heterocycles. The van der Waals surface area contributed by atoms with Gasteiger partial charge in [-0.1, -0.05) is 54.6 Å². The van der Waals surface area contributed by atoms with Gasteiger partial charge in [0.2, 0.25) is 0 Å². The van der Waals surface area contributed by atoms with E-state index >= 15 is 0 Å². The summed E-state index contributed by atoms with van der Waals surface area (Å²) in [5.41, 5.74) is 3.71. The Morgan fingerprint density at radius 3 is 2.47 bits per heavy atom. The van der Waals surface area contributed by atoms with Crippen molar-refractivity contribution >= 4 is 11.0 Å². The Kier molecular flexibility index (Phi) is 6.71. The Morgan fingerprint density at radius 2 is 1.72 bits per heavy atom. The molecule has 0 fully saturated rings. The van der Waals surface area contributed by atoms with E-state index in [1.807, 2.05) is 61.5 Å². The summed E-state index contributed by atoms with van der Waals surface area (Å²) >= 11 is 0. The summed E-state index contributed by atoms with van der Waals surface area (Å²) in [7, 11) is 0. The maximum absolute atomic E-state index is 13.3. The predicted octanol–water partition coefficient (Wildman–Crippen LogP) is 4.20. The smallest absolute Gasteiger partial charge is 0.264 e. The highest BCUT2D eigenvalue weighted by atomic mass is 19.1. The van der Waals surface area contributed by atoms with E-state index in [0.717, 1.165) is 16.7 Å². The molecule has 0 amide bonds. The fourth-order valence-corrected chi connectivity index (χ4v) is 4.21. The van der Waals surface area contributed by atoms with Gasteiger partial charge in [0.25, 0.3) is 5.56 Å². The number of hydrogen-bond acceptors (Lipinski definition) is 5. The van der Waals surface area contributed by atoms with E-state index in [4.69, 9.17) is 4.74 Å². The van der Waals surface area contributed by atoms with E-state index in [1.54, 1.807) is 12.1 Å². The third-order valence-electron chi connectivity index (χ3n) is 6.06. The average molecular weight is 485 g/mol. The third-order valence-corrected chi connectivity index (χ3v) is 6.06. The SMILES string of the molecule is Cc1ccccc1C(OCC(O)Cn1cnc2c(cnn2-c2ccc(F)cc2)c1=O)c1ccccc1. The minimum atomic E-state index is -0.940. The van der Waals surface area contributed by atoms with E-state index in [0.29, 0.717) is 16.7 Å². The maximum Gasteiger partial charge on any atom is 0.264 e. The van der Waals surface area contributed by atoms with Gasteiger partial charge in [0.05, 0.1) is 31.1 Å². The molecule has 8 heteroatoms. The molecule has 2 atom stereocenters. The molecular formula is C28H25FN4O3. The first-order valence-corrected chi connectivity index (χ1v) is 11.6. The number of nitrogens with zero attached hydrogens (tertiary/aromatic N) is 4. The molecule has 5 rings (SSSR count). The molecule has 0 aliphatic rings. The Bertz CT molecular complexity index is 1530. The molecule has 0 spiro atoms. The minimum Gasteiger partial charge on any atom is -0.389 e. The summed E-state index contributed by atoms with van der Waals surface area (Å²) in [5.74, 6) is -0.362. The third kappa shape index (κ3) is 4.82. The van der Waals surface area contributed by atoms with E-state index < -0.39 is 6.10 Å². The van der Waals surface area contributed by atoms with Crippen LogP contribution in [0, 0.1) is 12.7 Å². The Hall–Kier alpha value is -4.14. The lowest BCUT2D eigenvalue weighted by Gasteiger charge is -2.22. The van der Waals surface area contributed by atoms with Crippen molar-refractivity contribution in [2.45, 2.75) is 25.7 Å². The minimum absolute atomic E-state index is 0.0127. The summed E-state index contributed by atoms with van der Waals surface area (Å²) in [6, 6.07) is 23.6. The summed E-state index contributed by atoms with van der Waals surface area (Å²) in [6.07, 6.45) is 1.51. The van der Waals surface area contributed by atoms with Gasteiger partial charge < -0.3 is 9.84 Å². The fourth-order valence-electron chi connectivity index (χ4n) is 4.21. The number of aryl methyl sites for hydroxylation is 1. The van der Waals surface area contributed by atoms with Crippen molar-refractivity contribution in [2.24, 2.45) is 0 Å². The van der Waals surface area contributed by atoms with E-state index in [-0.39, 0.29) is 30.6 Å². The molecule has 7 nitrogen and oxygen atoms in total. The fraction of sp³-hybridized carbons (Fsp3) is 0.179. The molecular weight excluding hydrogens is 459 g/mol. The van der Waals surface area contributed by atoms with Crippen LogP contribution in [0.25, 0.3) is 16.7 Å². The summed E-state index contributed by atoms with van der Waals surface area (Å²) < 4.78 is 22.3. The first kappa shape index (κ1) is 23.6. The number of aliphatic hydroxyl groups is 1. The van der Waals surface area contributed by atoms with Crippen LogP contribution in [0.3, 0.4) is 0 Å². The number of benzene rings is 3. The number of rotatable bonds is 8. The van der Waals surface area contributed by atoms with Gasteiger partial charge in [-0.15, -0.1) is 0 Å². The first-order chi connectivity index (χ1) is 17.5. The Morgan fingerprint density at radius 1 is 1.00 bits per heavy atom. The van der Waals surface area contributed by atoms with Gasteiger partial charge in [-0.25, -0.2) is 14.1 Å². The van der Waals surface area contributed by atoms with Crippen LogP contribution in [0.2, 0.25) is 0 Å². The van der Waals surface area contributed by atoms with Gasteiger partial charge in [0, 0.05) is 0 Å². The molecule has 36 heavy (non-hydrogen) atoms. The van der Waals surface area contributed by atoms with Gasteiger partial charge >= 0.3 is 0 Å². The lowest BCUT2D eigenvalue weighted by molar-refractivity contribution is -0.00119. The predicted molar refractivity (Wildman–Crippen MR) is 135 cm³/mol. The van der Waals surface area contributed by atoms with Crippen molar-refractivity contribution in [3.8, 4) is 5.69 Å². The lowest BCUT2D eigenvalue weighted by atomic mass is 9.97. The highest BCUT2D eigenvalue weighted by Gasteiger charge is 2.19. The van der Waals surface area contributed by atoms with Crippen LogP contribution in [0.15, 0.2) is 96.2 Å². The van der Waals surface area contributed by atoms with Crippen molar-refractivity contribution < 1.29 is 14.2 Å². The Balaban J connectivity index is 1.34. The second-order valence-electron chi connectivity index (χ2n) is 8.61. The first-order valence-electron chi connectivity index (χ1n) is 11.6. The molecule has 5 aromatic rings. The summed E-state index contributed by atoms with van der Waals surface area (Å²) in [5, 5.41) is 15.3. The Labute approximate surface area is 207 Å². The van der Waals surface area contributed by atoms with Crippen molar-refractivity contribution in [1.29, 1.82) is 0 Å². The molecule has 0 saturated carbocycles. The molecule has 0 aliphatic carbocycles. The van der Waals surface area contributed by atoms with Gasteiger partial charge in [-0.05, 0) is 47.9 Å². The van der Waals surface area contributed by atoms with E-state index in [1.165, 1.54) is 33.9 Å². The molecule has 2 unspecified atom stereocenters. The monoisotopic (exact) mass is 484 g/mol. The number of aromatic nitrogens is 4. The molecule has 0 bridgehead atoms. The molecule has 182 valence electrons. The number of halogens is 1. The summed E-state index contributed by atoms with van der Waals surface area (Å²) in [6.45, 7) is 2.06. The molecule has 0 aliphatic heterocycles. The molecule has 0 saturated heterocycles. The van der Waals surface area contributed by atoms with Crippen molar-refractivity contribution in [1.82, 2.24) is 19.3 Å². The molecule has 2 aromatic heterocycles. The largest absolute Gasteiger partial charge is 0.389 e. The highest BCUT2D eigenvalue weighted by Crippen LogP contribution is 2.28. The van der Waals surface area contributed by atoms with Crippen molar-refractivity contribution in [2.75, 3.05) is 6.61 Å². The zero-order valence-corrected chi connectivity index (χ0v) is 19.7. The lowest BCUT2D eigenvalue weighted by Crippen LogP contribution is -2.30. The molecule has 1 N–H and O–H groups in total. The van der Waals surface area contributed by atoms with E-state index in [2.05, 4.69) is 10.1 Å². The highest BCUT2D eigenvalue weighted by molar-refractivity contribution is 5.74. The van der Waals surface area contributed by atoms with Crippen LogP contribution < -0.4 is 5.56 Å². The zero-order chi connectivity index (χ0) is 25.1. The number of ether oxygens (including phenoxy) is 1. The summed E-state index contributed by atoms with van der Waals surface area (Å²) in [4.78, 5) is 17.4. The van der Waals surface area contributed by atoms with Gasteiger partial charge in [0.15, 0.2) is 5.65 Å². The quantitative estimate of drug-likeness (QED) is 0.357. The standard InChI is InChI=1S/C28H25FN4O3/c1-19-7-5-6-10-24(19)26(20-8-3-2-4-9-20)36-17-23(34)16-32-18-30-27-25(28(32)35)15-31-33(27)22-13-11-21(29)12-14-22/h2-15,18,23,26,34H,16-17H2,1H3. The van der Waals surface area contributed by atoms with Crippen LogP contribution in [-0.2, 0) is 11.3 Å². The van der Waals surface area contributed by atoms with Gasteiger partial charge in [-0.3, -0.25) is 9.36 Å². The van der Waals surface area contributed by atoms with Crippen LogP contribution in [0.4, 0.5) is 4.39 Å². The molecule has 3 aromatic carbocycles. The number of fused-ring (bicyclic) bond motifs is 1. The topological polar surface area (TPSA) is 82.2 Å². The second kappa shape index (κ2) is 10.2. The van der Waals surface area contributed by atoms with Crippen LogP contribution >= 0.6 is 0 Å². The van der Waals surface area contributed by atoms with Crippen molar-refractivity contribution in [3.63, 3.8) is 0 Å². The van der Waals surface area contributed by atoms with Crippen LogP contribution in [0.5, 0.6) is 0 Å². The second-order valence-corrected chi connectivity index (χ2v) is 8.61. The molecule has 0 radical (unpaired) electrons. The van der Waals surface area contributed by atoms with E-state index in [9.17, 15) is 14.3 Å². The zero-order valence-electron chi connectivity index (χ0n) is 19.7. The van der Waals surface area contributed by atoms with Crippen LogP contribution in [0.1, 0.15) is 22.8 Å². The van der Waals surface area contributed by atoms with Crippen molar-refractivity contribution in [3.05, 3.63) is 124 Å². The maximum atomic E-state index is 13.3. The van der Waals surface area contributed by atoms with Gasteiger partial charge in [0.1, 0.15) is 23.6 Å². The van der Waals surface area contributed by atoms with Crippen LogP contribution in [-0.4, -0.2) is 37.1 Å².